The number of aliphatic hydroxyl groups excluding tert-OH is 1. The molecule has 0 aliphatic rings. The first kappa shape index (κ1) is 10.6. The number of hydrogen-bond donors (Lipinski definition) is 1. The Morgan fingerprint density at radius 1 is 1.50 bits per heavy atom. The van der Waals surface area contributed by atoms with E-state index >= 15 is 0 Å². The van der Waals surface area contributed by atoms with E-state index in [1.54, 1.807) is 17.4 Å². The summed E-state index contributed by atoms with van der Waals surface area (Å²) >= 11 is 12.2. The van der Waals surface area contributed by atoms with Gasteiger partial charge in [0.25, 0.3) is 0 Å². The van der Waals surface area contributed by atoms with Crippen LogP contribution in [0.2, 0.25) is 5.02 Å². The maximum Gasteiger partial charge on any atom is 0.114 e. The Balaban J connectivity index is 2.32. The summed E-state index contributed by atoms with van der Waals surface area (Å²) in [5.41, 5.74) is 0.917. The highest BCUT2D eigenvalue weighted by molar-refractivity contribution is 9.11. The molecular weight excluding hydrogens is 304 g/mol. The van der Waals surface area contributed by atoms with Crippen LogP contribution >= 0.6 is 50.2 Å². The first-order chi connectivity index (χ1) is 6.68. The van der Waals surface area contributed by atoms with Crippen molar-refractivity contribution in [1.82, 2.24) is 0 Å². The number of thiophene rings is 2. The minimum atomic E-state index is -0.560. The molecule has 1 atom stereocenters. The molecule has 0 aliphatic heterocycles. The third-order valence-corrected chi connectivity index (χ3v) is 5.02. The van der Waals surface area contributed by atoms with E-state index < -0.39 is 6.10 Å². The topological polar surface area (TPSA) is 20.2 Å². The summed E-state index contributed by atoms with van der Waals surface area (Å²) in [5, 5.41) is 14.5. The summed E-state index contributed by atoms with van der Waals surface area (Å²) in [6.07, 6.45) is -0.560. The standard InChI is InChI=1S/C9H6BrClOS2/c10-9-6(11)3-7(14-9)8(12)5-1-2-13-4-5/h1-4,8,12H. The van der Waals surface area contributed by atoms with E-state index in [0.29, 0.717) is 5.02 Å². The molecule has 2 heterocycles. The molecule has 0 fully saturated rings. The largest absolute Gasteiger partial charge is 0.383 e. The van der Waals surface area contributed by atoms with Crippen LogP contribution in [0.5, 0.6) is 0 Å². The van der Waals surface area contributed by atoms with Gasteiger partial charge in [0.2, 0.25) is 0 Å². The lowest BCUT2D eigenvalue weighted by Gasteiger charge is -2.04. The molecule has 0 saturated heterocycles. The van der Waals surface area contributed by atoms with Gasteiger partial charge in [0.1, 0.15) is 6.10 Å². The fraction of sp³-hybridized carbons (Fsp3) is 0.111. The zero-order chi connectivity index (χ0) is 10.1. The van der Waals surface area contributed by atoms with Crippen LogP contribution in [0.15, 0.2) is 26.7 Å². The summed E-state index contributed by atoms with van der Waals surface area (Å²) in [6, 6.07) is 3.70. The second-order valence-electron chi connectivity index (χ2n) is 2.73. The monoisotopic (exact) mass is 308 g/mol. The maximum atomic E-state index is 9.96. The van der Waals surface area contributed by atoms with E-state index in [9.17, 15) is 5.11 Å². The van der Waals surface area contributed by atoms with Crippen LogP contribution < -0.4 is 0 Å². The minimum Gasteiger partial charge on any atom is -0.383 e. The Bertz CT molecular complexity index is 404. The summed E-state index contributed by atoms with van der Waals surface area (Å²) in [4.78, 5) is 0.861. The lowest BCUT2D eigenvalue weighted by atomic mass is 10.2. The zero-order valence-electron chi connectivity index (χ0n) is 6.91. The fourth-order valence-electron chi connectivity index (χ4n) is 1.09. The molecule has 1 nitrogen and oxygen atoms in total. The SMILES string of the molecule is OC(c1ccsc1)c1cc(Cl)c(Br)s1. The number of hydrogen-bond acceptors (Lipinski definition) is 3. The van der Waals surface area contributed by atoms with E-state index in [-0.39, 0.29) is 0 Å². The molecule has 0 bridgehead atoms. The average molecular weight is 310 g/mol. The predicted molar refractivity (Wildman–Crippen MR) is 65.4 cm³/mol. The van der Waals surface area contributed by atoms with E-state index in [1.807, 2.05) is 16.8 Å². The van der Waals surface area contributed by atoms with Gasteiger partial charge in [-0.05, 0) is 44.4 Å². The van der Waals surface area contributed by atoms with Crippen molar-refractivity contribution in [2.24, 2.45) is 0 Å². The lowest BCUT2D eigenvalue weighted by molar-refractivity contribution is 0.224. The molecule has 0 aliphatic carbocycles. The molecule has 1 N–H and O–H groups in total. The molecule has 5 heteroatoms. The van der Waals surface area contributed by atoms with Crippen molar-refractivity contribution in [2.75, 3.05) is 0 Å². The highest BCUT2D eigenvalue weighted by Crippen LogP contribution is 2.37. The van der Waals surface area contributed by atoms with Gasteiger partial charge >= 0.3 is 0 Å². The first-order valence-corrected chi connectivity index (χ1v) is 6.76. The molecule has 0 spiro atoms. The molecule has 2 rings (SSSR count). The van der Waals surface area contributed by atoms with Gasteiger partial charge in [-0.25, -0.2) is 0 Å². The average Bonchev–Trinajstić information content (AvgIpc) is 2.76. The molecule has 0 amide bonds. The zero-order valence-corrected chi connectivity index (χ0v) is 10.9. The Hall–Kier alpha value is 0.130. The van der Waals surface area contributed by atoms with Crippen molar-refractivity contribution in [3.63, 3.8) is 0 Å². The van der Waals surface area contributed by atoms with E-state index in [1.165, 1.54) is 11.3 Å². The Morgan fingerprint density at radius 3 is 2.79 bits per heavy atom. The molecule has 0 saturated carbocycles. The Labute approximate surface area is 103 Å². The van der Waals surface area contributed by atoms with Crippen molar-refractivity contribution in [2.45, 2.75) is 6.10 Å². The van der Waals surface area contributed by atoms with Crippen LogP contribution in [0.3, 0.4) is 0 Å². The smallest absolute Gasteiger partial charge is 0.114 e. The quantitative estimate of drug-likeness (QED) is 0.876. The second kappa shape index (κ2) is 4.33. The predicted octanol–water partition coefficient (Wildman–Crippen LogP) is 4.31. The third kappa shape index (κ3) is 2.04. The normalized spacial score (nSPS) is 13.1. The van der Waals surface area contributed by atoms with Crippen LogP contribution in [0.25, 0.3) is 0 Å². The van der Waals surface area contributed by atoms with Crippen molar-refractivity contribution in [3.05, 3.63) is 42.1 Å². The highest BCUT2D eigenvalue weighted by atomic mass is 79.9. The van der Waals surface area contributed by atoms with Gasteiger partial charge < -0.3 is 5.11 Å². The molecule has 74 valence electrons. The molecule has 0 aromatic carbocycles. The fourth-order valence-corrected chi connectivity index (χ4v) is 3.53. The summed E-state index contributed by atoms with van der Waals surface area (Å²) in [7, 11) is 0. The summed E-state index contributed by atoms with van der Waals surface area (Å²) < 4.78 is 0.864. The van der Waals surface area contributed by atoms with Crippen LogP contribution in [0.4, 0.5) is 0 Å². The summed E-state index contributed by atoms with van der Waals surface area (Å²) in [5.74, 6) is 0. The van der Waals surface area contributed by atoms with Crippen LogP contribution in [-0.4, -0.2) is 5.11 Å². The Morgan fingerprint density at radius 2 is 2.29 bits per heavy atom. The molecule has 2 aromatic rings. The second-order valence-corrected chi connectivity index (χ2v) is 6.32. The molecule has 14 heavy (non-hydrogen) atoms. The van der Waals surface area contributed by atoms with Gasteiger partial charge in [-0.1, -0.05) is 11.6 Å². The third-order valence-electron chi connectivity index (χ3n) is 1.79. The number of aliphatic hydroxyl groups is 1. The summed E-state index contributed by atoms with van der Waals surface area (Å²) in [6.45, 7) is 0. The molecule has 1 unspecified atom stereocenters. The number of halogens is 2. The molecule has 2 aromatic heterocycles. The van der Waals surface area contributed by atoms with E-state index in [2.05, 4.69) is 15.9 Å². The van der Waals surface area contributed by atoms with Gasteiger partial charge in [0.05, 0.1) is 8.81 Å². The maximum absolute atomic E-state index is 9.96. The van der Waals surface area contributed by atoms with Gasteiger partial charge in [-0.3, -0.25) is 0 Å². The van der Waals surface area contributed by atoms with Gasteiger partial charge in [-0.15, -0.1) is 11.3 Å². The minimum absolute atomic E-state index is 0.560. The van der Waals surface area contributed by atoms with Gasteiger partial charge in [-0.2, -0.15) is 11.3 Å². The van der Waals surface area contributed by atoms with Crippen molar-refractivity contribution in [3.8, 4) is 0 Å². The van der Waals surface area contributed by atoms with Crippen LogP contribution in [-0.2, 0) is 0 Å². The van der Waals surface area contributed by atoms with Crippen molar-refractivity contribution in [1.29, 1.82) is 0 Å². The highest BCUT2D eigenvalue weighted by Gasteiger charge is 2.15. The Kier molecular flexibility index (Phi) is 3.29. The first-order valence-electron chi connectivity index (χ1n) is 3.83. The molecule has 0 radical (unpaired) electrons. The molecular formula is C9H6BrClOS2. The van der Waals surface area contributed by atoms with Crippen LogP contribution in [0.1, 0.15) is 16.5 Å². The van der Waals surface area contributed by atoms with E-state index in [4.69, 9.17) is 11.6 Å². The van der Waals surface area contributed by atoms with Crippen LogP contribution in [0, 0.1) is 0 Å². The van der Waals surface area contributed by atoms with Crippen molar-refractivity contribution < 1.29 is 5.11 Å². The van der Waals surface area contributed by atoms with Crippen molar-refractivity contribution >= 4 is 50.2 Å². The van der Waals surface area contributed by atoms with Gasteiger partial charge in [0, 0.05) is 4.88 Å². The van der Waals surface area contributed by atoms with Gasteiger partial charge in [0.15, 0.2) is 0 Å². The number of rotatable bonds is 2. The van der Waals surface area contributed by atoms with E-state index in [0.717, 1.165) is 14.2 Å². The lowest BCUT2D eigenvalue weighted by Crippen LogP contribution is -1.93.